The van der Waals surface area contributed by atoms with E-state index in [0.717, 1.165) is 21.2 Å². The lowest BCUT2D eigenvalue weighted by atomic mass is 10.1. The third kappa shape index (κ3) is 6.35. The Morgan fingerprint density at radius 2 is 1.73 bits per heavy atom. The number of carbonyl (C=O) groups is 2. The van der Waals surface area contributed by atoms with E-state index in [4.69, 9.17) is 9.47 Å². The summed E-state index contributed by atoms with van der Waals surface area (Å²) in [6.07, 6.45) is 0. The summed E-state index contributed by atoms with van der Waals surface area (Å²) in [5, 5.41) is 12.2. The van der Waals surface area contributed by atoms with Crippen molar-refractivity contribution in [2.75, 3.05) is 0 Å². The average molecular weight is 512 g/mol. The largest absolute Gasteiger partial charge is 0.478 e. The first-order valence-corrected chi connectivity index (χ1v) is 11.2. The second-order valence-corrected chi connectivity index (χ2v) is 9.11. The average Bonchev–Trinajstić information content (AvgIpc) is 2.74. The number of halogens is 1. The Kier molecular flexibility index (Phi) is 7.43. The zero-order valence-corrected chi connectivity index (χ0v) is 20.5. The number of carboxylic acids is 1. The molecule has 0 aliphatic rings. The maximum absolute atomic E-state index is 12.5. The van der Waals surface area contributed by atoms with E-state index < -0.39 is 11.6 Å². The highest BCUT2D eigenvalue weighted by Gasteiger charge is 2.29. The summed E-state index contributed by atoms with van der Waals surface area (Å²) in [7, 11) is 0. The number of hydrogen-bond acceptors (Lipinski definition) is 4. The van der Waals surface area contributed by atoms with Gasteiger partial charge in [0.25, 0.3) is 5.91 Å². The highest BCUT2D eigenvalue weighted by Crippen LogP contribution is 2.30. The Morgan fingerprint density at radius 1 is 1.00 bits per heavy atom. The monoisotopic (exact) mass is 511 g/mol. The van der Waals surface area contributed by atoms with E-state index in [0.29, 0.717) is 29.4 Å². The first kappa shape index (κ1) is 24.3. The van der Waals surface area contributed by atoms with Crippen molar-refractivity contribution in [1.29, 1.82) is 0 Å². The summed E-state index contributed by atoms with van der Waals surface area (Å²) < 4.78 is 12.3. The van der Waals surface area contributed by atoms with Crippen LogP contribution in [0.1, 0.15) is 40.9 Å². The van der Waals surface area contributed by atoms with Crippen molar-refractivity contribution < 1.29 is 24.2 Å². The number of amides is 1. The minimum atomic E-state index is -1.33. The van der Waals surface area contributed by atoms with E-state index in [1.807, 2.05) is 50.2 Å². The molecule has 0 aliphatic heterocycles. The molecule has 0 atom stereocenters. The van der Waals surface area contributed by atoms with E-state index in [-0.39, 0.29) is 5.91 Å². The van der Waals surface area contributed by atoms with Crippen molar-refractivity contribution in [1.82, 2.24) is 5.32 Å². The van der Waals surface area contributed by atoms with Crippen LogP contribution in [0, 0.1) is 13.8 Å². The third-order valence-corrected chi connectivity index (χ3v) is 5.64. The smallest absolute Gasteiger partial charge is 0.347 e. The van der Waals surface area contributed by atoms with Crippen LogP contribution in [0.25, 0.3) is 0 Å². The maximum Gasteiger partial charge on any atom is 0.347 e. The molecule has 0 aromatic heterocycles. The molecule has 3 rings (SSSR count). The van der Waals surface area contributed by atoms with Gasteiger partial charge in [-0.15, -0.1) is 0 Å². The molecule has 7 heteroatoms. The Labute approximate surface area is 201 Å². The van der Waals surface area contributed by atoms with Crippen molar-refractivity contribution in [3.8, 4) is 17.2 Å². The first-order chi connectivity index (χ1) is 15.5. The van der Waals surface area contributed by atoms with Gasteiger partial charge >= 0.3 is 5.97 Å². The number of rotatable bonds is 8. The van der Waals surface area contributed by atoms with Crippen LogP contribution in [0.2, 0.25) is 0 Å². The molecule has 2 N–H and O–H groups in total. The van der Waals surface area contributed by atoms with Crippen molar-refractivity contribution in [2.24, 2.45) is 0 Å². The van der Waals surface area contributed by atoms with Gasteiger partial charge in [0.05, 0.1) is 5.56 Å². The van der Waals surface area contributed by atoms with Crippen molar-refractivity contribution in [2.45, 2.75) is 39.8 Å². The Morgan fingerprint density at radius 3 is 2.39 bits per heavy atom. The molecule has 0 unspecified atom stereocenters. The molecule has 3 aromatic rings. The molecule has 3 aromatic carbocycles. The van der Waals surface area contributed by atoms with Crippen molar-refractivity contribution >= 4 is 27.8 Å². The standard InChI is InChI=1S/C26H26BrNO5/c1-16-8-10-21(22(27)12-16)24(29)28-15-18-6-5-7-19(14-18)32-20-9-11-23(17(2)13-20)33-26(3,4)25(30)31/h5-14H,15H2,1-4H3,(H,28,29)(H,30,31). The van der Waals surface area contributed by atoms with Crippen molar-refractivity contribution in [3.05, 3.63) is 87.4 Å². The summed E-state index contributed by atoms with van der Waals surface area (Å²) in [4.78, 5) is 23.8. The first-order valence-electron chi connectivity index (χ1n) is 10.4. The molecule has 0 radical (unpaired) electrons. The van der Waals surface area contributed by atoms with Crippen LogP contribution in [0.3, 0.4) is 0 Å². The molecule has 1 amide bonds. The van der Waals surface area contributed by atoms with E-state index in [1.54, 1.807) is 24.3 Å². The number of aryl methyl sites for hydroxylation is 2. The predicted molar refractivity (Wildman–Crippen MR) is 130 cm³/mol. The lowest BCUT2D eigenvalue weighted by molar-refractivity contribution is -0.152. The van der Waals surface area contributed by atoms with Gasteiger partial charge in [-0.1, -0.05) is 18.2 Å². The molecule has 0 heterocycles. The van der Waals surface area contributed by atoms with E-state index in [1.165, 1.54) is 13.8 Å². The Bertz CT molecular complexity index is 1190. The number of nitrogens with one attached hydrogen (secondary N) is 1. The van der Waals surface area contributed by atoms with Crippen LogP contribution in [0.15, 0.2) is 65.1 Å². The lowest BCUT2D eigenvalue weighted by Crippen LogP contribution is -2.38. The summed E-state index contributed by atoms with van der Waals surface area (Å²) >= 11 is 3.44. The minimum Gasteiger partial charge on any atom is -0.478 e. The second kappa shape index (κ2) is 10.1. The van der Waals surface area contributed by atoms with Gasteiger partial charge in [0, 0.05) is 11.0 Å². The van der Waals surface area contributed by atoms with E-state index in [9.17, 15) is 14.7 Å². The van der Waals surface area contributed by atoms with Gasteiger partial charge in [-0.3, -0.25) is 4.79 Å². The number of ether oxygens (including phenoxy) is 2. The van der Waals surface area contributed by atoms with Gasteiger partial charge < -0.3 is 19.9 Å². The molecule has 0 aliphatic carbocycles. The number of hydrogen-bond donors (Lipinski definition) is 2. The van der Waals surface area contributed by atoms with Gasteiger partial charge in [-0.25, -0.2) is 4.79 Å². The molecule has 172 valence electrons. The molecule has 0 bridgehead atoms. The molecular weight excluding hydrogens is 486 g/mol. The number of carbonyl (C=O) groups excluding carboxylic acids is 1. The molecule has 33 heavy (non-hydrogen) atoms. The fourth-order valence-corrected chi connectivity index (χ4v) is 3.73. The molecule has 0 saturated heterocycles. The van der Waals surface area contributed by atoms with Crippen LogP contribution in [0.5, 0.6) is 17.2 Å². The third-order valence-electron chi connectivity index (χ3n) is 4.98. The highest BCUT2D eigenvalue weighted by atomic mass is 79.9. The summed E-state index contributed by atoms with van der Waals surface area (Å²) in [5.41, 5.74) is 1.97. The molecule has 0 spiro atoms. The van der Waals surface area contributed by atoms with Crippen LogP contribution < -0.4 is 14.8 Å². The number of benzene rings is 3. The van der Waals surface area contributed by atoms with Gasteiger partial charge in [0.2, 0.25) is 0 Å². The maximum atomic E-state index is 12.5. The summed E-state index contributed by atoms with van der Waals surface area (Å²) in [5.74, 6) is 0.494. The number of carboxylic acid groups (broad SMARTS) is 1. The zero-order valence-electron chi connectivity index (χ0n) is 18.9. The summed E-state index contributed by atoms with van der Waals surface area (Å²) in [6, 6.07) is 18.3. The van der Waals surface area contributed by atoms with Gasteiger partial charge in [0.1, 0.15) is 17.2 Å². The Hall–Kier alpha value is -3.32. The normalized spacial score (nSPS) is 11.1. The van der Waals surface area contributed by atoms with Crippen LogP contribution >= 0.6 is 15.9 Å². The van der Waals surface area contributed by atoms with E-state index >= 15 is 0 Å². The molecule has 0 fully saturated rings. The summed E-state index contributed by atoms with van der Waals surface area (Å²) in [6.45, 7) is 7.15. The second-order valence-electron chi connectivity index (χ2n) is 8.26. The highest BCUT2D eigenvalue weighted by molar-refractivity contribution is 9.10. The molecular formula is C26H26BrNO5. The Balaban J connectivity index is 1.66. The molecule has 0 saturated carbocycles. The van der Waals surface area contributed by atoms with Gasteiger partial charge in [-0.2, -0.15) is 0 Å². The van der Waals surface area contributed by atoms with Gasteiger partial charge in [0.15, 0.2) is 5.60 Å². The zero-order chi connectivity index (χ0) is 24.2. The van der Waals surface area contributed by atoms with Gasteiger partial charge in [-0.05, 0) is 103 Å². The fourth-order valence-electron chi connectivity index (χ4n) is 3.06. The number of aliphatic carboxylic acids is 1. The van der Waals surface area contributed by atoms with Crippen LogP contribution in [-0.2, 0) is 11.3 Å². The SMILES string of the molecule is Cc1ccc(C(=O)NCc2cccc(Oc3ccc(OC(C)(C)C(=O)O)c(C)c3)c2)c(Br)c1. The fraction of sp³-hybridized carbons (Fsp3) is 0.231. The topological polar surface area (TPSA) is 84.9 Å². The van der Waals surface area contributed by atoms with E-state index in [2.05, 4.69) is 21.2 Å². The van der Waals surface area contributed by atoms with Crippen molar-refractivity contribution in [3.63, 3.8) is 0 Å². The predicted octanol–water partition coefficient (Wildman–Crippen LogP) is 6.03. The minimum absolute atomic E-state index is 0.163. The van der Waals surface area contributed by atoms with Crippen LogP contribution in [0.4, 0.5) is 0 Å². The lowest BCUT2D eigenvalue weighted by Gasteiger charge is -2.23. The van der Waals surface area contributed by atoms with Crippen LogP contribution in [-0.4, -0.2) is 22.6 Å². The quantitative estimate of drug-likeness (QED) is 0.385. The molecule has 6 nitrogen and oxygen atoms in total.